The fourth-order valence-electron chi connectivity index (χ4n) is 3.14. The molecule has 8 heteroatoms. The van der Waals surface area contributed by atoms with Crippen molar-refractivity contribution in [1.29, 1.82) is 0 Å². The lowest BCUT2D eigenvalue weighted by Crippen LogP contribution is -2.25. The van der Waals surface area contributed by atoms with Crippen LogP contribution < -0.4 is 9.62 Å². The first-order valence-corrected chi connectivity index (χ1v) is 10.5. The lowest BCUT2D eigenvalue weighted by Gasteiger charge is -2.17. The summed E-state index contributed by atoms with van der Waals surface area (Å²) in [4.78, 5) is 12.3. The molecule has 28 heavy (non-hydrogen) atoms. The number of nitrogens with zero attached hydrogens (tertiary/aromatic N) is 2. The third-order valence-corrected chi connectivity index (χ3v) is 6.37. The molecule has 0 unspecified atom stereocenters. The summed E-state index contributed by atoms with van der Waals surface area (Å²) in [5.41, 5.74) is 2.64. The molecule has 1 aliphatic rings. The van der Waals surface area contributed by atoms with Crippen LogP contribution in [-0.4, -0.2) is 31.8 Å². The minimum Gasteiger partial charge on any atom is -0.356 e. The summed E-state index contributed by atoms with van der Waals surface area (Å²) in [5, 5.41) is 6.74. The van der Waals surface area contributed by atoms with Crippen molar-refractivity contribution in [2.24, 2.45) is 0 Å². The van der Waals surface area contributed by atoms with E-state index in [1.807, 2.05) is 30.3 Å². The number of nitrogens with one attached hydrogen (secondary N) is 1. The van der Waals surface area contributed by atoms with Gasteiger partial charge in [-0.2, -0.15) is 0 Å². The van der Waals surface area contributed by atoms with Crippen molar-refractivity contribution < 1.29 is 17.7 Å². The predicted octanol–water partition coefficient (Wildman–Crippen LogP) is 3.06. The molecule has 1 aromatic heterocycles. The van der Waals surface area contributed by atoms with E-state index in [-0.39, 0.29) is 18.1 Å². The molecular weight excluding hydrogens is 378 g/mol. The van der Waals surface area contributed by atoms with Crippen LogP contribution in [0.25, 0.3) is 11.3 Å². The van der Waals surface area contributed by atoms with Gasteiger partial charge in [-0.1, -0.05) is 35.5 Å². The number of aromatic nitrogens is 1. The fourth-order valence-corrected chi connectivity index (χ4v) is 4.71. The molecule has 0 spiro atoms. The highest BCUT2D eigenvalue weighted by Gasteiger charge is 2.28. The number of hydrogen-bond acceptors (Lipinski definition) is 5. The zero-order chi connectivity index (χ0) is 19.6. The van der Waals surface area contributed by atoms with Crippen molar-refractivity contribution in [3.63, 3.8) is 0 Å². The molecule has 1 aliphatic heterocycles. The van der Waals surface area contributed by atoms with E-state index in [9.17, 15) is 13.2 Å². The Hall–Kier alpha value is -3.13. The van der Waals surface area contributed by atoms with Crippen molar-refractivity contribution >= 4 is 27.3 Å². The minimum atomic E-state index is -3.21. The van der Waals surface area contributed by atoms with Gasteiger partial charge in [0.1, 0.15) is 0 Å². The van der Waals surface area contributed by atoms with Crippen LogP contribution in [0.5, 0.6) is 0 Å². The molecule has 1 fully saturated rings. The smallest absolute Gasteiger partial charge is 0.235 e. The standard InChI is InChI=1S/C20H19N3O4S/c24-20(14-17-13-19(27-22-17)15-5-2-1-3-6-15)21-16-7-9-18(10-8-16)23-11-4-12-28(23,25)26/h1-3,5-10,13H,4,11-12,14H2,(H,21,24). The van der Waals surface area contributed by atoms with E-state index < -0.39 is 10.0 Å². The molecule has 2 aromatic carbocycles. The Morgan fingerprint density at radius 2 is 1.86 bits per heavy atom. The summed E-state index contributed by atoms with van der Waals surface area (Å²) in [5.74, 6) is 0.558. The summed E-state index contributed by atoms with van der Waals surface area (Å²) < 4.78 is 30.6. The number of amides is 1. The van der Waals surface area contributed by atoms with E-state index in [2.05, 4.69) is 10.5 Å². The quantitative estimate of drug-likeness (QED) is 0.714. The van der Waals surface area contributed by atoms with Gasteiger partial charge in [0.2, 0.25) is 15.9 Å². The van der Waals surface area contributed by atoms with Crippen molar-refractivity contribution in [3.8, 4) is 11.3 Å². The van der Waals surface area contributed by atoms with E-state index >= 15 is 0 Å². The van der Waals surface area contributed by atoms with Crippen molar-refractivity contribution in [3.05, 3.63) is 66.4 Å². The largest absolute Gasteiger partial charge is 0.356 e. The highest BCUT2D eigenvalue weighted by molar-refractivity contribution is 7.93. The molecule has 0 atom stereocenters. The number of carbonyl (C=O) groups excluding carboxylic acids is 1. The molecule has 7 nitrogen and oxygen atoms in total. The zero-order valence-corrected chi connectivity index (χ0v) is 15.9. The van der Waals surface area contributed by atoms with E-state index in [0.717, 1.165) is 5.56 Å². The maximum absolute atomic E-state index is 12.3. The van der Waals surface area contributed by atoms with Gasteiger partial charge < -0.3 is 9.84 Å². The Labute approximate surface area is 163 Å². The zero-order valence-electron chi connectivity index (χ0n) is 15.0. The van der Waals surface area contributed by atoms with E-state index in [4.69, 9.17) is 4.52 Å². The second-order valence-corrected chi connectivity index (χ2v) is 8.57. The number of benzene rings is 2. The molecule has 0 saturated carbocycles. The average Bonchev–Trinajstić information content (AvgIpc) is 3.29. The van der Waals surface area contributed by atoms with Crippen LogP contribution in [-0.2, 0) is 21.2 Å². The molecule has 4 rings (SSSR count). The van der Waals surface area contributed by atoms with Crippen LogP contribution >= 0.6 is 0 Å². The monoisotopic (exact) mass is 397 g/mol. The minimum absolute atomic E-state index is 0.0819. The molecule has 144 valence electrons. The average molecular weight is 397 g/mol. The topological polar surface area (TPSA) is 92.5 Å². The van der Waals surface area contributed by atoms with Crippen LogP contribution in [0.1, 0.15) is 12.1 Å². The van der Waals surface area contributed by atoms with Crippen LogP contribution in [0.2, 0.25) is 0 Å². The Bertz CT molecular complexity index is 1080. The van der Waals surface area contributed by atoms with Crippen LogP contribution in [0.4, 0.5) is 11.4 Å². The molecule has 1 N–H and O–H groups in total. The van der Waals surface area contributed by atoms with Crippen LogP contribution in [0, 0.1) is 0 Å². The van der Waals surface area contributed by atoms with Crippen LogP contribution in [0.3, 0.4) is 0 Å². The Morgan fingerprint density at radius 1 is 1.11 bits per heavy atom. The van der Waals surface area contributed by atoms with Gasteiger partial charge in [0.05, 0.1) is 23.6 Å². The van der Waals surface area contributed by atoms with Gasteiger partial charge in [-0.15, -0.1) is 0 Å². The molecule has 3 aromatic rings. The molecule has 2 heterocycles. The number of hydrogen-bond donors (Lipinski definition) is 1. The SMILES string of the molecule is O=C(Cc1cc(-c2ccccc2)on1)Nc1ccc(N2CCCS2(=O)=O)cc1. The maximum atomic E-state index is 12.3. The van der Waals surface area contributed by atoms with E-state index in [1.54, 1.807) is 30.3 Å². The molecular formula is C20H19N3O4S. The number of carbonyl (C=O) groups is 1. The van der Waals surface area contributed by atoms with Gasteiger partial charge in [0.25, 0.3) is 0 Å². The lowest BCUT2D eigenvalue weighted by molar-refractivity contribution is -0.115. The van der Waals surface area contributed by atoms with Crippen molar-refractivity contribution in [1.82, 2.24) is 5.16 Å². The lowest BCUT2D eigenvalue weighted by atomic mass is 10.1. The third-order valence-electron chi connectivity index (χ3n) is 4.50. The number of rotatable bonds is 5. The summed E-state index contributed by atoms with van der Waals surface area (Å²) >= 11 is 0. The Morgan fingerprint density at radius 3 is 2.54 bits per heavy atom. The molecule has 0 aliphatic carbocycles. The Kier molecular flexibility index (Phi) is 4.87. The third kappa shape index (κ3) is 3.91. The number of sulfonamides is 1. The summed E-state index contributed by atoms with van der Waals surface area (Å²) in [6.07, 6.45) is 0.710. The maximum Gasteiger partial charge on any atom is 0.235 e. The van der Waals surface area contributed by atoms with Gasteiger partial charge in [-0.25, -0.2) is 8.42 Å². The second kappa shape index (κ2) is 7.47. The van der Waals surface area contributed by atoms with Gasteiger partial charge in [0.15, 0.2) is 5.76 Å². The Balaban J connectivity index is 1.38. The second-order valence-electron chi connectivity index (χ2n) is 6.56. The summed E-state index contributed by atoms with van der Waals surface area (Å²) in [6, 6.07) is 18.1. The molecule has 1 saturated heterocycles. The first kappa shape index (κ1) is 18.2. The highest BCUT2D eigenvalue weighted by atomic mass is 32.2. The predicted molar refractivity (Wildman–Crippen MR) is 106 cm³/mol. The first-order chi connectivity index (χ1) is 13.5. The van der Waals surface area contributed by atoms with Crippen molar-refractivity contribution in [2.75, 3.05) is 21.9 Å². The molecule has 1 amide bonds. The highest BCUT2D eigenvalue weighted by Crippen LogP contribution is 2.25. The van der Waals surface area contributed by atoms with Gasteiger partial charge >= 0.3 is 0 Å². The first-order valence-electron chi connectivity index (χ1n) is 8.93. The number of anilines is 2. The fraction of sp³-hybridized carbons (Fsp3) is 0.200. The molecule has 0 bridgehead atoms. The summed E-state index contributed by atoms with van der Waals surface area (Å²) in [6.45, 7) is 0.490. The van der Waals surface area contributed by atoms with Crippen molar-refractivity contribution in [2.45, 2.75) is 12.8 Å². The van der Waals surface area contributed by atoms with Gasteiger partial charge in [0, 0.05) is 23.9 Å². The van der Waals surface area contributed by atoms with Gasteiger partial charge in [-0.05, 0) is 30.7 Å². The van der Waals surface area contributed by atoms with E-state index in [0.29, 0.717) is 35.8 Å². The van der Waals surface area contributed by atoms with Gasteiger partial charge in [-0.3, -0.25) is 9.10 Å². The van der Waals surface area contributed by atoms with E-state index in [1.165, 1.54) is 4.31 Å². The molecule has 0 radical (unpaired) electrons. The summed E-state index contributed by atoms with van der Waals surface area (Å²) in [7, 11) is -3.21. The van der Waals surface area contributed by atoms with Crippen LogP contribution in [0.15, 0.2) is 65.2 Å². The normalized spacial score (nSPS) is 15.5.